The summed E-state index contributed by atoms with van der Waals surface area (Å²) in [6, 6.07) is 8.83. The molecule has 8 nitrogen and oxygen atoms in total. The number of likely N-dealkylation sites (tertiary alicyclic amines) is 1. The maximum atomic E-state index is 13.5. The molecule has 8 heteroatoms. The fraction of sp³-hybridized carbons (Fsp3) is 0.455. The highest BCUT2D eigenvalue weighted by molar-refractivity contribution is 6.12. The molecule has 1 aromatic rings. The average molecular weight is 411 g/mol. The van der Waals surface area contributed by atoms with E-state index in [1.165, 1.54) is 24.0 Å². The van der Waals surface area contributed by atoms with E-state index in [0.717, 1.165) is 10.5 Å². The molecule has 0 saturated carbocycles. The van der Waals surface area contributed by atoms with Gasteiger partial charge in [-0.15, -0.1) is 0 Å². The lowest BCUT2D eigenvalue weighted by Crippen LogP contribution is -2.68. The van der Waals surface area contributed by atoms with Crippen molar-refractivity contribution < 1.29 is 23.9 Å². The van der Waals surface area contributed by atoms with Gasteiger partial charge in [-0.2, -0.15) is 0 Å². The monoisotopic (exact) mass is 411 g/mol. The van der Waals surface area contributed by atoms with Gasteiger partial charge in [0.05, 0.1) is 31.0 Å². The van der Waals surface area contributed by atoms with Crippen LogP contribution in [0, 0.1) is 11.8 Å². The van der Waals surface area contributed by atoms with Crippen molar-refractivity contribution in [3.8, 4) is 0 Å². The summed E-state index contributed by atoms with van der Waals surface area (Å²) in [7, 11) is 2.96. The zero-order chi connectivity index (χ0) is 21.6. The number of amides is 4. The van der Waals surface area contributed by atoms with Crippen LogP contribution in [0.15, 0.2) is 36.4 Å². The molecule has 0 radical (unpaired) electrons. The number of ether oxygens (including phenoxy) is 1. The average Bonchev–Trinajstić information content (AvgIpc) is 3.15. The summed E-state index contributed by atoms with van der Waals surface area (Å²) in [6.07, 6.45) is 3.61. The molecule has 0 unspecified atom stereocenters. The first-order valence-corrected chi connectivity index (χ1v) is 9.97. The molecular formula is C22H25N3O5. The van der Waals surface area contributed by atoms with Crippen LogP contribution in [0.4, 0.5) is 0 Å². The van der Waals surface area contributed by atoms with E-state index in [9.17, 15) is 19.2 Å². The van der Waals surface area contributed by atoms with Crippen molar-refractivity contribution in [3.05, 3.63) is 42.0 Å². The lowest BCUT2D eigenvalue weighted by Gasteiger charge is -2.46. The third-order valence-electron chi connectivity index (χ3n) is 6.51. The van der Waals surface area contributed by atoms with Crippen molar-refractivity contribution >= 4 is 29.7 Å². The van der Waals surface area contributed by atoms with E-state index in [2.05, 4.69) is 0 Å². The summed E-state index contributed by atoms with van der Waals surface area (Å²) >= 11 is 0. The van der Waals surface area contributed by atoms with Crippen molar-refractivity contribution in [2.24, 2.45) is 11.8 Å². The summed E-state index contributed by atoms with van der Waals surface area (Å²) in [4.78, 5) is 56.6. The zero-order valence-corrected chi connectivity index (χ0v) is 17.3. The molecular weight excluding hydrogens is 386 g/mol. The van der Waals surface area contributed by atoms with Crippen LogP contribution in [0.2, 0.25) is 0 Å². The number of carbonyl (C=O) groups excluding carboxylic acids is 4. The Morgan fingerprint density at radius 2 is 1.83 bits per heavy atom. The van der Waals surface area contributed by atoms with Crippen molar-refractivity contribution in [1.82, 2.24) is 14.7 Å². The normalized spacial score (nSPS) is 31.2. The molecule has 4 atom stereocenters. The third kappa shape index (κ3) is 2.78. The number of rotatable bonds is 5. The molecule has 0 bridgehead atoms. The second-order valence-electron chi connectivity index (χ2n) is 8.13. The Bertz CT molecular complexity index is 930. The van der Waals surface area contributed by atoms with Gasteiger partial charge in [0.1, 0.15) is 5.54 Å². The summed E-state index contributed by atoms with van der Waals surface area (Å²) in [5, 5.41) is 0. The molecule has 1 aromatic carbocycles. The van der Waals surface area contributed by atoms with Gasteiger partial charge in [0.25, 0.3) is 0 Å². The van der Waals surface area contributed by atoms with Crippen LogP contribution < -0.4 is 0 Å². The molecule has 158 valence electrons. The molecule has 0 aliphatic carbocycles. The summed E-state index contributed by atoms with van der Waals surface area (Å²) in [5.41, 5.74) is -0.498. The predicted molar refractivity (Wildman–Crippen MR) is 108 cm³/mol. The van der Waals surface area contributed by atoms with Crippen LogP contribution >= 0.6 is 0 Å². The minimum Gasteiger partial charge on any atom is -0.383 e. The number of imide groups is 1. The summed E-state index contributed by atoms with van der Waals surface area (Å²) < 4.78 is 5.06. The van der Waals surface area contributed by atoms with Crippen LogP contribution in [0.5, 0.6) is 0 Å². The fourth-order valence-electron chi connectivity index (χ4n) is 5.04. The van der Waals surface area contributed by atoms with Gasteiger partial charge in [0.2, 0.25) is 23.6 Å². The van der Waals surface area contributed by atoms with E-state index in [0.29, 0.717) is 0 Å². The minimum atomic E-state index is -1.41. The highest BCUT2D eigenvalue weighted by atomic mass is 16.5. The van der Waals surface area contributed by atoms with Gasteiger partial charge in [-0.1, -0.05) is 42.5 Å². The molecule has 4 rings (SSSR count). The Morgan fingerprint density at radius 3 is 2.50 bits per heavy atom. The maximum Gasteiger partial charge on any atom is 0.249 e. The van der Waals surface area contributed by atoms with Gasteiger partial charge in [-0.25, -0.2) is 0 Å². The first-order valence-electron chi connectivity index (χ1n) is 9.97. The molecule has 3 fully saturated rings. The molecule has 0 N–H and O–H groups in total. The van der Waals surface area contributed by atoms with Gasteiger partial charge in [0.15, 0.2) is 0 Å². The number of fused-ring (bicyclic) bond motifs is 3. The topological polar surface area (TPSA) is 87.2 Å². The van der Waals surface area contributed by atoms with Gasteiger partial charge in [-0.05, 0) is 12.5 Å². The first-order chi connectivity index (χ1) is 14.3. The lowest BCUT2D eigenvalue weighted by molar-refractivity contribution is -0.166. The second-order valence-corrected chi connectivity index (χ2v) is 8.13. The molecule has 0 aromatic heterocycles. The highest BCUT2D eigenvalue weighted by Crippen LogP contribution is 2.51. The van der Waals surface area contributed by atoms with Gasteiger partial charge in [-0.3, -0.25) is 24.1 Å². The Morgan fingerprint density at radius 1 is 1.13 bits per heavy atom. The van der Waals surface area contributed by atoms with Gasteiger partial charge in [0, 0.05) is 20.7 Å². The number of carbonyl (C=O) groups is 4. The number of benzene rings is 1. The van der Waals surface area contributed by atoms with E-state index in [4.69, 9.17) is 4.74 Å². The van der Waals surface area contributed by atoms with Gasteiger partial charge < -0.3 is 14.5 Å². The Kier molecular flexibility index (Phi) is 4.97. The van der Waals surface area contributed by atoms with E-state index >= 15 is 0 Å². The Hall–Kier alpha value is -3.00. The van der Waals surface area contributed by atoms with Crippen LogP contribution in [-0.4, -0.2) is 83.8 Å². The highest BCUT2D eigenvalue weighted by Gasteiger charge is 2.71. The zero-order valence-electron chi connectivity index (χ0n) is 17.3. The van der Waals surface area contributed by atoms with Crippen molar-refractivity contribution in [3.63, 3.8) is 0 Å². The first kappa shape index (κ1) is 20.3. The maximum absolute atomic E-state index is 13.5. The SMILES string of the molecule is COCCN1CC(=O)N2[C@H](/C=C/c3ccccc3)[C@@H]3C(=O)N(C)C(=O)[C@@H]3[C@]2(C)C1=O. The number of nitrogens with zero attached hydrogens (tertiary/aromatic N) is 3. The summed E-state index contributed by atoms with van der Waals surface area (Å²) in [5.74, 6) is -3.03. The smallest absolute Gasteiger partial charge is 0.249 e. The number of piperazine rings is 1. The Labute approximate surface area is 175 Å². The molecule has 3 aliphatic heterocycles. The van der Waals surface area contributed by atoms with E-state index < -0.39 is 29.3 Å². The van der Waals surface area contributed by atoms with Crippen molar-refractivity contribution in [1.29, 1.82) is 0 Å². The lowest BCUT2D eigenvalue weighted by atomic mass is 9.79. The van der Waals surface area contributed by atoms with Crippen molar-refractivity contribution in [2.45, 2.75) is 18.5 Å². The largest absolute Gasteiger partial charge is 0.383 e. The minimum absolute atomic E-state index is 0.0921. The molecule has 3 aliphatic rings. The van der Waals surface area contributed by atoms with Crippen molar-refractivity contribution in [2.75, 3.05) is 33.9 Å². The molecule has 3 heterocycles. The second kappa shape index (κ2) is 7.36. The number of hydrogen-bond acceptors (Lipinski definition) is 5. The predicted octanol–water partition coefficient (Wildman–Crippen LogP) is 0.389. The van der Waals surface area contributed by atoms with E-state index in [1.807, 2.05) is 36.4 Å². The number of methoxy groups -OCH3 is 1. The van der Waals surface area contributed by atoms with E-state index in [-0.39, 0.29) is 37.4 Å². The third-order valence-corrected chi connectivity index (χ3v) is 6.51. The van der Waals surface area contributed by atoms with Crippen LogP contribution in [0.3, 0.4) is 0 Å². The quantitative estimate of drug-likeness (QED) is 0.654. The fourth-order valence-corrected chi connectivity index (χ4v) is 5.04. The van der Waals surface area contributed by atoms with Crippen LogP contribution in [0.25, 0.3) is 6.08 Å². The summed E-state index contributed by atoms with van der Waals surface area (Å²) in [6.45, 7) is 2.06. The molecule has 3 saturated heterocycles. The molecule has 4 amide bonds. The number of hydrogen-bond donors (Lipinski definition) is 0. The van der Waals surface area contributed by atoms with E-state index in [1.54, 1.807) is 13.0 Å². The van der Waals surface area contributed by atoms with Crippen LogP contribution in [-0.2, 0) is 23.9 Å². The Balaban J connectivity index is 1.78. The molecule has 30 heavy (non-hydrogen) atoms. The molecule has 0 spiro atoms. The van der Waals surface area contributed by atoms with Crippen LogP contribution in [0.1, 0.15) is 12.5 Å². The standard InChI is InChI=1S/C22H25N3O5/c1-22-18-17(19(27)23(2)20(18)28)15(10-9-14-7-5-4-6-8-14)25(22)16(26)13-24(21(22)29)11-12-30-3/h4-10,15,17-18H,11-13H2,1-3H3/b10-9+/t15-,17+,18-,22-/m1/s1. The van der Waals surface area contributed by atoms with Gasteiger partial charge >= 0.3 is 0 Å².